The molecule has 2 aromatic heterocycles. The second kappa shape index (κ2) is 8.03. The zero-order valence-corrected chi connectivity index (χ0v) is 14.2. The molecule has 0 fully saturated rings. The molecule has 0 saturated carbocycles. The first kappa shape index (κ1) is 16.6. The summed E-state index contributed by atoms with van der Waals surface area (Å²) >= 11 is 0. The van der Waals surface area contributed by atoms with Gasteiger partial charge in [-0.3, -0.25) is 9.19 Å². The van der Waals surface area contributed by atoms with Crippen LogP contribution in [0, 0.1) is 0 Å². The number of nitrogens with one attached hydrogen (secondary N) is 1. The molecule has 1 atom stereocenters. The van der Waals surface area contributed by atoms with Crippen LogP contribution in [-0.2, 0) is 21.3 Å². The van der Waals surface area contributed by atoms with Crippen molar-refractivity contribution in [1.29, 1.82) is 0 Å². The van der Waals surface area contributed by atoms with E-state index in [2.05, 4.69) is 15.0 Å². The second-order valence-corrected chi connectivity index (χ2v) is 6.44. The lowest BCUT2D eigenvalue weighted by molar-refractivity contribution is 0.110. The minimum atomic E-state index is -1.29. The lowest BCUT2D eigenvalue weighted by Gasteiger charge is -2.07. The van der Waals surface area contributed by atoms with Crippen LogP contribution < -0.4 is 4.74 Å². The van der Waals surface area contributed by atoms with Crippen LogP contribution in [0.2, 0.25) is 0 Å². The first-order valence-corrected chi connectivity index (χ1v) is 9.06. The molecule has 0 radical (unpaired) electrons. The van der Waals surface area contributed by atoms with Crippen molar-refractivity contribution in [1.82, 2.24) is 15.0 Å². The molecule has 24 heavy (non-hydrogen) atoms. The molecule has 3 aromatic rings. The third-order valence-corrected chi connectivity index (χ3v) is 4.53. The van der Waals surface area contributed by atoms with Crippen molar-refractivity contribution in [3.63, 3.8) is 0 Å². The van der Waals surface area contributed by atoms with Gasteiger partial charge in [0.05, 0.1) is 39.9 Å². The lowest BCUT2D eigenvalue weighted by atomic mass is 10.3. The van der Waals surface area contributed by atoms with Gasteiger partial charge in [0, 0.05) is 18.9 Å². The molecule has 0 aliphatic rings. The summed E-state index contributed by atoms with van der Waals surface area (Å²) in [7, 11) is -1.29. The maximum Gasteiger partial charge on any atom is 0.197 e. The van der Waals surface area contributed by atoms with Crippen molar-refractivity contribution in [2.45, 2.75) is 17.8 Å². The van der Waals surface area contributed by atoms with Gasteiger partial charge in [-0.05, 0) is 25.1 Å². The summed E-state index contributed by atoms with van der Waals surface area (Å²) in [5, 5.41) is 0.459. The summed E-state index contributed by atoms with van der Waals surface area (Å²) in [6.07, 6.45) is 1.65. The maximum absolute atomic E-state index is 12.5. The quantitative estimate of drug-likeness (QED) is 0.635. The van der Waals surface area contributed by atoms with Gasteiger partial charge in [-0.2, -0.15) is 0 Å². The highest BCUT2D eigenvalue weighted by Gasteiger charge is 2.12. The largest absolute Gasteiger partial charge is 0.491 e. The van der Waals surface area contributed by atoms with Gasteiger partial charge in [-0.1, -0.05) is 12.1 Å². The van der Waals surface area contributed by atoms with E-state index in [1.165, 1.54) is 0 Å². The molecule has 0 saturated heterocycles. The smallest absolute Gasteiger partial charge is 0.197 e. The third kappa shape index (κ3) is 4.18. The minimum Gasteiger partial charge on any atom is -0.491 e. The molecule has 0 unspecified atom stereocenters. The Kier molecular flexibility index (Phi) is 5.55. The van der Waals surface area contributed by atoms with Gasteiger partial charge in [0.2, 0.25) is 0 Å². The SMILES string of the molecule is CCOCCOc1ccnc(C[S@@](=O)c2nc3ccccc3[nH]2)c1. The van der Waals surface area contributed by atoms with Crippen molar-refractivity contribution in [3.05, 3.63) is 48.3 Å². The van der Waals surface area contributed by atoms with Crippen LogP contribution in [0.25, 0.3) is 11.0 Å². The number of rotatable bonds is 8. The monoisotopic (exact) mass is 345 g/mol. The number of nitrogens with zero attached hydrogens (tertiary/aromatic N) is 2. The molecule has 0 aliphatic carbocycles. The van der Waals surface area contributed by atoms with E-state index in [1.807, 2.05) is 31.2 Å². The van der Waals surface area contributed by atoms with Crippen LogP contribution in [-0.4, -0.2) is 39.0 Å². The van der Waals surface area contributed by atoms with E-state index in [9.17, 15) is 4.21 Å². The molecule has 0 bridgehead atoms. The average Bonchev–Trinajstić information content (AvgIpc) is 3.03. The summed E-state index contributed by atoms with van der Waals surface area (Å²) in [5.41, 5.74) is 2.38. The molecular weight excluding hydrogens is 326 g/mol. The number of imidazole rings is 1. The third-order valence-electron chi connectivity index (χ3n) is 3.35. The molecule has 0 spiro atoms. The number of aromatic nitrogens is 3. The average molecular weight is 345 g/mol. The van der Waals surface area contributed by atoms with Crippen LogP contribution in [0.1, 0.15) is 12.6 Å². The molecule has 0 aliphatic heterocycles. The first-order chi connectivity index (χ1) is 11.8. The van der Waals surface area contributed by atoms with E-state index in [-0.39, 0.29) is 5.75 Å². The Morgan fingerprint density at radius 2 is 2.08 bits per heavy atom. The minimum absolute atomic E-state index is 0.280. The fraction of sp³-hybridized carbons (Fsp3) is 0.294. The Bertz CT molecular complexity index is 802. The van der Waals surface area contributed by atoms with E-state index < -0.39 is 10.8 Å². The second-order valence-electron chi connectivity index (χ2n) is 5.08. The molecule has 3 rings (SSSR count). The number of hydrogen-bond donors (Lipinski definition) is 1. The number of ether oxygens (including phenoxy) is 2. The highest BCUT2D eigenvalue weighted by atomic mass is 32.2. The molecule has 6 nitrogen and oxygen atoms in total. The van der Waals surface area contributed by atoms with E-state index in [4.69, 9.17) is 9.47 Å². The van der Waals surface area contributed by atoms with Crippen LogP contribution >= 0.6 is 0 Å². The van der Waals surface area contributed by atoms with Gasteiger partial charge in [-0.15, -0.1) is 0 Å². The molecule has 1 N–H and O–H groups in total. The molecule has 1 aromatic carbocycles. The topological polar surface area (TPSA) is 77.1 Å². The van der Waals surface area contributed by atoms with Crippen molar-refractivity contribution < 1.29 is 13.7 Å². The number of pyridine rings is 1. The zero-order valence-electron chi connectivity index (χ0n) is 13.4. The Morgan fingerprint density at radius 3 is 2.92 bits per heavy atom. The van der Waals surface area contributed by atoms with Crippen molar-refractivity contribution >= 4 is 21.8 Å². The number of benzene rings is 1. The van der Waals surface area contributed by atoms with Crippen LogP contribution in [0.4, 0.5) is 0 Å². The predicted octanol–water partition coefficient (Wildman–Crippen LogP) is 2.68. The normalized spacial score (nSPS) is 12.4. The number of hydrogen-bond acceptors (Lipinski definition) is 5. The zero-order chi connectivity index (χ0) is 16.8. The van der Waals surface area contributed by atoms with E-state index >= 15 is 0 Å². The van der Waals surface area contributed by atoms with Crippen LogP contribution in [0.3, 0.4) is 0 Å². The van der Waals surface area contributed by atoms with Gasteiger partial charge in [0.25, 0.3) is 0 Å². The van der Waals surface area contributed by atoms with Gasteiger partial charge in [0.15, 0.2) is 5.16 Å². The predicted molar refractivity (Wildman–Crippen MR) is 92.4 cm³/mol. The van der Waals surface area contributed by atoms with Gasteiger partial charge >= 0.3 is 0 Å². The summed E-state index contributed by atoms with van der Waals surface area (Å²) in [5.74, 6) is 0.976. The summed E-state index contributed by atoms with van der Waals surface area (Å²) in [4.78, 5) is 11.7. The van der Waals surface area contributed by atoms with Gasteiger partial charge < -0.3 is 14.5 Å². The highest BCUT2D eigenvalue weighted by Crippen LogP contribution is 2.17. The first-order valence-electron chi connectivity index (χ1n) is 7.75. The van der Waals surface area contributed by atoms with Gasteiger partial charge in [-0.25, -0.2) is 4.98 Å². The number of H-pyrrole nitrogens is 1. The van der Waals surface area contributed by atoms with E-state index in [0.717, 1.165) is 11.0 Å². The van der Waals surface area contributed by atoms with Crippen molar-refractivity contribution in [2.75, 3.05) is 19.8 Å². The van der Waals surface area contributed by atoms with E-state index in [0.29, 0.717) is 36.4 Å². The Balaban J connectivity index is 1.65. The fourth-order valence-electron chi connectivity index (χ4n) is 2.23. The summed E-state index contributed by atoms with van der Waals surface area (Å²) in [6, 6.07) is 11.2. The Morgan fingerprint density at radius 1 is 1.21 bits per heavy atom. The Hall–Kier alpha value is -2.25. The van der Waals surface area contributed by atoms with Crippen LogP contribution in [0.5, 0.6) is 5.75 Å². The highest BCUT2D eigenvalue weighted by molar-refractivity contribution is 7.84. The molecule has 7 heteroatoms. The van der Waals surface area contributed by atoms with Crippen molar-refractivity contribution in [3.8, 4) is 5.75 Å². The maximum atomic E-state index is 12.5. The molecular formula is C17H19N3O3S. The summed E-state index contributed by atoms with van der Waals surface area (Å²) in [6.45, 7) is 3.63. The lowest BCUT2D eigenvalue weighted by Crippen LogP contribution is -2.07. The van der Waals surface area contributed by atoms with Gasteiger partial charge in [0.1, 0.15) is 12.4 Å². The Labute approximate surface area is 142 Å². The summed E-state index contributed by atoms with van der Waals surface area (Å²) < 4.78 is 23.3. The molecule has 2 heterocycles. The van der Waals surface area contributed by atoms with Crippen LogP contribution in [0.15, 0.2) is 47.8 Å². The fourth-order valence-corrected chi connectivity index (χ4v) is 3.21. The number of aromatic amines is 1. The number of fused-ring (bicyclic) bond motifs is 1. The van der Waals surface area contributed by atoms with E-state index in [1.54, 1.807) is 18.3 Å². The molecule has 126 valence electrons. The molecule has 0 amide bonds. The number of para-hydroxylation sites is 2. The standard InChI is InChI=1S/C17H19N3O3S/c1-2-22-9-10-23-14-7-8-18-13(11-14)12-24(21)17-19-15-5-3-4-6-16(15)20-17/h3-8,11H,2,9-10,12H2,1H3,(H,19,20)/t24-/m1/s1. The van der Waals surface area contributed by atoms with Crippen molar-refractivity contribution in [2.24, 2.45) is 0 Å².